The minimum absolute atomic E-state index is 0.0583. The number of aliphatic carboxylic acids is 1. The third kappa shape index (κ3) is 7.85. The van der Waals surface area contributed by atoms with Crippen LogP contribution >= 0.6 is 0 Å². The lowest BCUT2D eigenvalue weighted by atomic mass is 10.2. The van der Waals surface area contributed by atoms with E-state index in [1.54, 1.807) is 48.5 Å². The third-order valence-corrected chi connectivity index (χ3v) is 5.89. The SMILES string of the molecule is COc1ccc(OC(=O)N(CC(=O)O)Cc2ccc(OCC=CC3N=C(c4ccccc4)OC3C)cc2)cc1. The number of hydrogen-bond acceptors (Lipinski definition) is 7. The van der Waals surface area contributed by atoms with E-state index >= 15 is 0 Å². The van der Waals surface area contributed by atoms with Gasteiger partial charge in [-0.15, -0.1) is 0 Å². The second kappa shape index (κ2) is 13.1. The van der Waals surface area contributed by atoms with Gasteiger partial charge in [0.1, 0.15) is 42.5 Å². The van der Waals surface area contributed by atoms with Crippen LogP contribution in [0.15, 0.2) is 96.0 Å². The van der Waals surface area contributed by atoms with Crippen molar-refractivity contribution in [3.05, 3.63) is 102 Å². The van der Waals surface area contributed by atoms with Gasteiger partial charge in [-0.1, -0.05) is 36.4 Å². The van der Waals surface area contributed by atoms with Crippen molar-refractivity contribution in [1.82, 2.24) is 4.90 Å². The Bertz CT molecular complexity index is 1310. The van der Waals surface area contributed by atoms with Crippen molar-refractivity contribution in [2.45, 2.75) is 25.6 Å². The van der Waals surface area contributed by atoms with E-state index in [1.165, 1.54) is 7.11 Å². The van der Waals surface area contributed by atoms with Crippen molar-refractivity contribution in [2.24, 2.45) is 4.99 Å². The van der Waals surface area contributed by atoms with Crippen molar-refractivity contribution < 1.29 is 33.6 Å². The summed E-state index contributed by atoms with van der Waals surface area (Å²) in [5.74, 6) is 1.03. The summed E-state index contributed by atoms with van der Waals surface area (Å²) in [6, 6.07) is 23.2. The minimum atomic E-state index is -1.14. The standard InChI is InChI=1S/C30H30N2O7/c1-21-27(31-29(38-21)23-7-4-3-5-8-23)9-6-18-37-25-12-10-22(11-13-25)19-32(20-28(33)34)30(35)39-26-16-14-24(36-2)15-17-26/h3-17,21,27H,18-20H2,1-2H3,(H,33,34). The van der Waals surface area contributed by atoms with Crippen LogP contribution in [-0.4, -0.2) is 60.4 Å². The number of carboxylic acid groups (broad SMARTS) is 1. The molecule has 1 aliphatic heterocycles. The zero-order valence-electron chi connectivity index (χ0n) is 21.7. The van der Waals surface area contributed by atoms with Crippen LogP contribution in [-0.2, 0) is 16.1 Å². The first-order valence-electron chi connectivity index (χ1n) is 12.4. The quantitative estimate of drug-likeness (QED) is 0.350. The van der Waals surface area contributed by atoms with Crippen LogP contribution in [0, 0.1) is 0 Å². The Balaban J connectivity index is 1.29. The molecule has 2 atom stereocenters. The van der Waals surface area contributed by atoms with Gasteiger partial charge in [0.05, 0.1) is 7.11 Å². The maximum Gasteiger partial charge on any atom is 0.416 e. The van der Waals surface area contributed by atoms with Gasteiger partial charge < -0.3 is 24.1 Å². The predicted octanol–water partition coefficient (Wildman–Crippen LogP) is 4.95. The van der Waals surface area contributed by atoms with Gasteiger partial charge in [0.15, 0.2) is 0 Å². The molecule has 0 fully saturated rings. The average molecular weight is 531 g/mol. The number of carbonyl (C=O) groups is 2. The number of methoxy groups -OCH3 is 1. The number of aliphatic imine (C=N–C) groups is 1. The Labute approximate surface area is 226 Å². The van der Waals surface area contributed by atoms with Gasteiger partial charge in [-0.2, -0.15) is 0 Å². The fourth-order valence-electron chi connectivity index (χ4n) is 3.85. The maximum absolute atomic E-state index is 12.6. The lowest BCUT2D eigenvalue weighted by Gasteiger charge is -2.20. The zero-order valence-corrected chi connectivity index (χ0v) is 21.7. The molecule has 1 aliphatic rings. The number of amides is 1. The first kappa shape index (κ1) is 27.3. The number of ether oxygens (including phenoxy) is 4. The Hall–Kier alpha value is -4.79. The number of carbonyl (C=O) groups excluding carboxylic acids is 1. The first-order chi connectivity index (χ1) is 18.9. The van der Waals surface area contributed by atoms with Gasteiger partial charge >= 0.3 is 12.1 Å². The summed E-state index contributed by atoms with van der Waals surface area (Å²) in [5, 5.41) is 9.27. The number of rotatable bonds is 11. The second-order valence-corrected chi connectivity index (χ2v) is 8.79. The lowest BCUT2D eigenvalue weighted by molar-refractivity contribution is -0.138. The molecule has 9 heteroatoms. The molecule has 2 unspecified atom stereocenters. The van der Waals surface area contributed by atoms with Crippen LogP contribution in [0.25, 0.3) is 0 Å². The Morgan fingerprint density at radius 2 is 1.64 bits per heavy atom. The van der Waals surface area contributed by atoms with Crippen LogP contribution in [0.2, 0.25) is 0 Å². The number of benzene rings is 3. The van der Waals surface area contributed by atoms with E-state index in [4.69, 9.17) is 18.9 Å². The molecule has 0 saturated carbocycles. The van der Waals surface area contributed by atoms with Gasteiger partial charge in [0, 0.05) is 12.1 Å². The van der Waals surface area contributed by atoms with E-state index in [0.29, 0.717) is 24.0 Å². The van der Waals surface area contributed by atoms with Crippen molar-refractivity contribution in [3.63, 3.8) is 0 Å². The van der Waals surface area contributed by atoms with Crippen molar-refractivity contribution in [2.75, 3.05) is 20.3 Å². The molecule has 39 heavy (non-hydrogen) atoms. The van der Waals surface area contributed by atoms with Gasteiger partial charge in [-0.3, -0.25) is 9.69 Å². The van der Waals surface area contributed by atoms with Gasteiger partial charge in [0.25, 0.3) is 0 Å². The normalized spacial score (nSPS) is 16.3. The van der Waals surface area contributed by atoms with E-state index < -0.39 is 18.6 Å². The molecule has 1 N–H and O–H groups in total. The molecule has 0 spiro atoms. The number of nitrogens with zero attached hydrogens (tertiary/aromatic N) is 2. The van der Waals surface area contributed by atoms with Crippen molar-refractivity contribution in [3.8, 4) is 17.2 Å². The largest absolute Gasteiger partial charge is 0.497 e. The summed E-state index contributed by atoms with van der Waals surface area (Å²) >= 11 is 0. The lowest BCUT2D eigenvalue weighted by Crippen LogP contribution is -2.37. The second-order valence-electron chi connectivity index (χ2n) is 8.79. The molecule has 0 aromatic heterocycles. The van der Waals surface area contributed by atoms with E-state index in [2.05, 4.69) is 4.99 Å². The molecule has 0 aliphatic carbocycles. The van der Waals surface area contributed by atoms with Crippen molar-refractivity contribution >= 4 is 18.0 Å². The monoisotopic (exact) mass is 530 g/mol. The highest BCUT2D eigenvalue weighted by atomic mass is 16.6. The van der Waals surface area contributed by atoms with E-state index in [0.717, 1.165) is 16.0 Å². The summed E-state index contributed by atoms with van der Waals surface area (Å²) in [6.07, 6.45) is 3.03. The topological polar surface area (TPSA) is 107 Å². The zero-order chi connectivity index (χ0) is 27.6. The number of carboxylic acids is 1. The minimum Gasteiger partial charge on any atom is -0.497 e. The molecule has 4 rings (SSSR count). The highest BCUT2D eigenvalue weighted by molar-refractivity contribution is 5.95. The Morgan fingerprint density at radius 1 is 0.974 bits per heavy atom. The molecular formula is C30H30N2O7. The number of hydrogen-bond donors (Lipinski definition) is 1. The summed E-state index contributed by atoms with van der Waals surface area (Å²) in [7, 11) is 1.53. The van der Waals surface area contributed by atoms with Crippen LogP contribution in [0.3, 0.4) is 0 Å². The van der Waals surface area contributed by atoms with Crippen LogP contribution < -0.4 is 14.2 Å². The molecule has 0 bridgehead atoms. The molecule has 1 heterocycles. The summed E-state index contributed by atoms with van der Waals surface area (Å²) in [4.78, 5) is 29.7. The van der Waals surface area contributed by atoms with Gasteiger partial charge in [0.2, 0.25) is 5.90 Å². The van der Waals surface area contributed by atoms with E-state index in [-0.39, 0.29) is 24.4 Å². The fraction of sp³-hybridized carbons (Fsp3) is 0.233. The molecule has 3 aromatic carbocycles. The van der Waals surface area contributed by atoms with Gasteiger partial charge in [-0.25, -0.2) is 9.79 Å². The van der Waals surface area contributed by atoms with Crippen LogP contribution in [0.4, 0.5) is 4.79 Å². The molecule has 1 amide bonds. The van der Waals surface area contributed by atoms with Crippen LogP contribution in [0.5, 0.6) is 17.2 Å². The van der Waals surface area contributed by atoms with Gasteiger partial charge in [-0.05, 0) is 67.1 Å². The van der Waals surface area contributed by atoms with Crippen molar-refractivity contribution in [1.29, 1.82) is 0 Å². The van der Waals surface area contributed by atoms with E-state index in [9.17, 15) is 14.7 Å². The molecule has 0 saturated heterocycles. The summed E-state index contributed by atoms with van der Waals surface area (Å²) in [6.45, 7) is 1.88. The average Bonchev–Trinajstić information content (AvgIpc) is 3.32. The molecule has 202 valence electrons. The smallest absolute Gasteiger partial charge is 0.416 e. The Kier molecular flexibility index (Phi) is 9.18. The maximum atomic E-state index is 12.6. The highest BCUT2D eigenvalue weighted by Gasteiger charge is 2.25. The Morgan fingerprint density at radius 3 is 2.31 bits per heavy atom. The molecule has 3 aromatic rings. The third-order valence-electron chi connectivity index (χ3n) is 5.89. The summed E-state index contributed by atoms with van der Waals surface area (Å²) in [5.41, 5.74) is 1.68. The molecule has 0 radical (unpaired) electrons. The fourth-order valence-corrected chi connectivity index (χ4v) is 3.85. The highest BCUT2D eigenvalue weighted by Crippen LogP contribution is 2.21. The molecular weight excluding hydrogens is 500 g/mol. The van der Waals surface area contributed by atoms with Crippen LogP contribution in [0.1, 0.15) is 18.1 Å². The molecule has 9 nitrogen and oxygen atoms in total. The predicted molar refractivity (Wildman–Crippen MR) is 145 cm³/mol. The first-order valence-corrected chi connectivity index (χ1v) is 12.4. The summed E-state index contributed by atoms with van der Waals surface area (Å²) < 4.78 is 22.1. The van der Waals surface area contributed by atoms with E-state index in [1.807, 2.05) is 49.4 Å².